The van der Waals surface area contributed by atoms with Gasteiger partial charge in [-0.2, -0.15) is 0 Å². The van der Waals surface area contributed by atoms with Gasteiger partial charge >= 0.3 is 0 Å². The first-order chi connectivity index (χ1) is 7.41. The Balaban J connectivity index is 2.06. The van der Waals surface area contributed by atoms with Gasteiger partial charge in [0, 0.05) is 11.1 Å². The largest absolute Gasteiger partial charge is 0.312 e. The maximum Gasteiger partial charge on any atom is 0.0153 e. The van der Waals surface area contributed by atoms with Gasteiger partial charge in [-0.1, -0.05) is 19.3 Å². The molecule has 0 amide bonds. The molecule has 0 aliphatic heterocycles. The van der Waals surface area contributed by atoms with E-state index in [1.165, 1.54) is 38.5 Å². The molecule has 1 aliphatic carbocycles. The Hall–Kier alpha value is -0.0800. The highest BCUT2D eigenvalue weighted by atomic mass is 15.0. The van der Waals surface area contributed by atoms with Gasteiger partial charge in [0.05, 0.1) is 0 Å². The average molecular weight is 226 g/mol. The first-order valence-corrected chi connectivity index (χ1v) is 6.91. The van der Waals surface area contributed by atoms with Crippen molar-refractivity contribution >= 4 is 0 Å². The van der Waals surface area contributed by atoms with Crippen LogP contribution >= 0.6 is 0 Å². The lowest BCUT2D eigenvalue weighted by Gasteiger charge is -2.35. The van der Waals surface area contributed by atoms with Gasteiger partial charge in [-0.25, -0.2) is 0 Å². The van der Waals surface area contributed by atoms with Crippen LogP contribution in [0.25, 0.3) is 0 Å². The van der Waals surface area contributed by atoms with E-state index < -0.39 is 0 Å². The highest BCUT2D eigenvalue weighted by molar-refractivity contribution is 4.86. The molecule has 2 nitrogen and oxygen atoms in total. The fourth-order valence-electron chi connectivity index (χ4n) is 2.45. The van der Waals surface area contributed by atoms with Crippen LogP contribution in [0.3, 0.4) is 0 Å². The summed E-state index contributed by atoms with van der Waals surface area (Å²) in [6.07, 6.45) is 8.20. The van der Waals surface area contributed by atoms with Crippen molar-refractivity contribution in [1.82, 2.24) is 10.6 Å². The molecule has 0 spiro atoms. The molecule has 1 fully saturated rings. The average Bonchev–Trinajstić information content (AvgIpc) is 2.16. The molecule has 0 heterocycles. The second-order valence-electron chi connectivity index (χ2n) is 6.58. The van der Waals surface area contributed by atoms with Crippen molar-refractivity contribution in [2.24, 2.45) is 0 Å². The normalized spacial score (nSPS) is 21.0. The molecule has 1 aliphatic rings. The SMILES string of the molecule is CC(C)(C)NCCCNC1(C)CCCCC1. The van der Waals surface area contributed by atoms with Crippen molar-refractivity contribution in [3.05, 3.63) is 0 Å². The van der Waals surface area contributed by atoms with Gasteiger partial charge in [0.1, 0.15) is 0 Å². The zero-order valence-corrected chi connectivity index (χ0v) is 11.7. The molecule has 0 bridgehead atoms. The number of hydrogen-bond donors (Lipinski definition) is 2. The summed E-state index contributed by atoms with van der Waals surface area (Å²) >= 11 is 0. The molecule has 2 N–H and O–H groups in total. The topological polar surface area (TPSA) is 24.1 Å². The third kappa shape index (κ3) is 5.86. The second-order valence-corrected chi connectivity index (χ2v) is 6.58. The fourth-order valence-corrected chi connectivity index (χ4v) is 2.45. The highest BCUT2D eigenvalue weighted by Gasteiger charge is 2.25. The van der Waals surface area contributed by atoms with E-state index >= 15 is 0 Å². The Morgan fingerprint density at radius 3 is 2.19 bits per heavy atom. The van der Waals surface area contributed by atoms with Gasteiger partial charge < -0.3 is 10.6 Å². The van der Waals surface area contributed by atoms with E-state index in [-0.39, 0.29) is 5.54 Å². The fraction of sp³-hybridized carbons (Fsp3) is 1.00. The molecule has 0 unspecified atom stereocenters. The molecule has 0 atom stereocenters. The van der Waals surface area contributed by atoms with E-state index in [2.05, 4.69) is 38.3 Å². The van der Waals surface area contributed by atoms with Crippen molar-refractivity contribution in [2.75, 3.05) is 13.1 Å². The van der Waals surface area contributed by atoms with E-state index in [1.54, 1.807) is 0 Å². The second kappa shape index (κ2) is 6.02. The van der Waals surface area contributed by atoms with Gasteiger partial charge in [-0.3, -0.25) is 0 Å². The molecular weight excluding hydrogens is 196 g/mol. The monoisotopic (exact) mass is 226 g/mol. The first-order valence-electron chi connectivity index (χ1n) is 6.91. The molecule has 0 radical (unpaired) electrons. The van der Waals surface area contributed by atoms with E-state index in [1.807, 2.05) is 0 Å². The van der Waals surface area contributed by atoms with Crippen molar-refractivity contribution in [3.63, 3.8) is 0 Å². The van der Waals surface area contributed by atoms with Gasteiger partial charge in [0.2, 0.25) is 0 Å². The molecule has 2 heteroatoms. The highest BCUT2D eigenvalue weighted by Crippen LogP contribution is 2.27. The molecule has 16 heavy (non-hydrogen) atoms. The lowest BCUT2D eigenvalue weighted by Crippen LogP contribution is -2.45. The number of rotatable bonds is 5. The van der Waals surface area contributed by atoms with E-state index in [0.717, 1.165) is 13.1 Å². The van der Waals surface area contributed by atoms with Gasteiger partial charge in [-0.15, -0.1) is 0 Å². The molecule has 0 aromatic heterocycles. The lowest BCUT2D eigenvalue weighted by atomic mass is 9.83. The van der Waals surface area contributed by atoms with Crippen molar-refractivity contribution in [3.8, 4) is 0 Å². The standard InChI is InChI=1S/C14H30N2/c1-13(2,3)15-11-8-12-16-14(4)9-6-5-7-10-14/h15-16H,5-12H2,1-4H3. The summed E-state index contributed by atoms with van der Waals surface area (Å²) in [6, 6.07) is 0. The van der Waals surface area contributed by atoms with Gasteiger partial charge in [0.15, 0.2) is 0 Å². The van der Waals surface area contributed by atoms with Crippen LogP contribution in [0, 0.1) is 0 Å². The molecular formula is C14H30N2. The Morgan fingerprint density at radius 2 is 1.62 bits per heavy atom. The summed E-state index contributed by atoms with van der Waals surface area (Å²) in [5.74, 6) is 0. The maximum absolute atomic E-state index is 3.74. The van der Waals surface area contributed by atoms with E-state index in [4.69, 9.17) is 0 Å². The predicted octanol–water partition coefficient (Wildman–Crippen LogP) is 3.08. The summed E-state index contributed by atoms with van der Waals surface area (Å²) in [7, 11) is 0. The van der Waals surface area contributed by atoms with Crippen LogP contribution < -0.4 is 10.6 Å². The third-order valence-corrected chi connectivity index (χ3v) is 3.52. The molecule has 0 saturated heterocycles. The Labute approximate surface area is 102 Å². The van der Waals surface area contributed by atoms with Crippen LogP contribution in [0.15, 0.2) is 0 Å². The Bertz CT molecular complexity index is 187. The van der Waals surface area contributed by atoms with Crippen molar-refractivity contribution in [2.45, 2.75) is 77.3 Å². The Morgan fingerprint density at radius 1 is 1.00 bits per heavy atom. The van der Waals surface area contributed by atoms with Gasteiger partial charge in [0.25, 0.3) is 0 Å². The van der Waals surface area contributed by atoms with Crippen LogP contribution in [-0.4, -0.2) is 24.2 Å². The van der Waals surface area contributed by atoms with Crippen LogP contribution in [-0.2, 0) is 0 Å². The summed E-state index contributed by atoms with van der Waals surface area (Å²) in [5.41, 5.74) is 0.689. The first kappa shape index (κ1) is 14.0. The number of nitrogens with one attached hydrogen (secondary N) is 2. The zero-order valence-electron chi connectivity index (χ0n) is 11.7. The molecule has 1 rings (SSSR count). The minimum absolute atomic E-state index is 0.259. The zero-order chi connectivity index (χ0) is 12.1. The smallest absolute Gasteiger partial charge is 0.0153 e. The predicted molar refractivity (Wildman–Crippen MR) is 71.9 cm³/mol. The summed E-state index contributed by atoms with van der Waals surface area (Å²) in [4.78, 5) is 0. The molecule has 0 aromatic rings. The van der Waals surface area contributed by atoms with Crippen LogP contribution in [0.2, 0.25) is 0 Å². The van der Waals surface area contributed by atoms with Crippen molar-refractivity contribution in [1.29, 1.82) is 0 Å². The van der Waals surface area contributed by atoms with E-state index in [9.17, 15) is 0 Å². The molecule has 1 saturated carbocycles. The lowest BCUT2D eigenvalue weighted by molar-refractivity contribution is 0.252. The summed E-state index contributed by atoms with van der Waals surface area (Å²) < 4.78 is 0. The minimum atomic E-state index is 0.259. The van der Waals surface area contributed by atoms with Crippen LogP contribution in [0.4, 0.5) is 0 Å². The summed E-state index contributed by atoms with van der Waals surface area (Å²) in [5, 5.41) is 7.28. The van der Waals surface area contributed by atoms with Crippen LogP contribution in [0.5, 0.6) is 0 Å². The van der Waals surface area contributed by atoms with Gasteiger partial charge in [-0.05, 0) is 60.0 Å². The number of hydrogen-bond acceptors (Lipinski definition) is 2. The summed E-state index contributed by atoms with van der Waals surface area (Å²) in [6.45, 7) is 11.3. The van der Waals surface area contributed by atoms with Crippen LogP contribution in [0.1, 0.15) is 66.2 Å². The van der Waals surface area contributed by atoms with E-state index in [0.29, 0.717) is 5.54 Å². The maximum atomic E-state index is 3.74. The van der Waals surface area contributed by atoms with Crippen molar-refractivity contribution < 1.29 is 0 Å². The molecule has 0 aromatic carbocycles. The Kier molecular flexibility index (Phi) is 5.26. The molecule has 96 valence electrons. The minimum Gasteiger partial charge on any atom is -0.312 e. The third-order valence-electron chi connectivity index (χ3n) is 3.52. The quantitative estimate of drug-likeness (QED) is 0.704.